The molecule has 2 amide bonds. The van der Waals surface area contributed by atoms with Gasteiger partial charge in [0.15, 0.2) is 5.13 Å². The molecule has 2 aromatic heterocycles. The van der Waals surface area contributed by atoms with Crippen molar-refractivity contribution in [2.24, 2.45) is 0 Å². The molecule has 1 aromatic carbocycles. The second-order valence-corrected chi connectivity index (χ2v) is 10.4. The molecule has 3 rings (SSSR count). The molecule has 0 saturated carbocycles. The number of carbonyl (C=O) groups excluding carboxylic acids is 2. The highest BCUT2D eigenvalue weighted by atomic mass is 32.2. The van der Waals surface area contributed by atoms with Gasteiger partial charge in [-0.15, -0.1) is 22.7 Å². The van der Waals surface area contributed by atoms with Crippen LogP contribution in [0.15, 0.2) is 52.7 Å². The molecule has 11 heteroatoms. The molecule has 0 aliphatic carbocycles. The molecular weight excluding hydrogens is 444 g/mol. The molecule has 0 saturated heterocycles. The van der Waals surface area contributed by atoms with Crippen LogP contribution in [0.25, 0.3) is 10.6 Å². The van der Waals surface area contributed by atoms with Crippen LogP contribution < -0.4 is 10.6 Å². The lowest BCUT2D eigenvalue weighted by atomic mass is 10.3. The maximum Gasteiger partial charge on any atom is 0.243 e. The molecule has 0 aliphatic rings. The van der Waals surface area contributed by atoms with Crippen molar-refractivity contribution < 1.29 is 18.0 Å². The fraction of sp³-hybridized carbons (Fsp3) is 0.211. The standard InChI is InChI=1S/C19H20N4O4S3/c1-13(24)20-10-14-8-9-17(29-14)16-12-28-19(21-16)22-18(25)11-23(2)30(26,27)15-6-4-3-5-7-15/h3-9,12H,10-11H2,1-2H3,(H,20,24)(H,21,22,25). The molecule has 158 valence electrons. The van der Waals surface area contributed by atoms with Crippen molar-refractivity contribution >= 4 is 49.6 Å². The quantitative estimate of drug-likeness (QED) is 0.533. The minimum atomic E-state index is -3.75. The number of rotatable bonds is 8. The number of aromatic nitrogens is 1. The van der Waals surface area contributed by atoms with Gasteiger partial charge in [0.1, 0.15) is 0 Å². The summed E-state index contributed by atoms with van der Waals surface area (Å²) >= 11 is 2.76. The number of likely N-dealkylation sites (N-methyl/N-ethyl adjacent to an activating group) is 1. The molecule has 0 atom stereocenters. The fourth-order valence-electron chi connectivity index (χ4n) is 2.48. The van der Waals surface area contributed by atoms with E-state index >= 15 is 0 Å². The van der Waals surface area contributed by atoms with E-state index in [0.717, 1.165) is 14.1 Å². The van der Waals surface area contributed by atoms with E-state index in [0.29, 0.717) is 17.4 Å². The number of hydrogen-bond acceptors (Lipinski definition) is 7. The number of anilines is 1. The Morgan fingerprint density at radius 2 is 1.87 bits per heavy atom. The largest absolute Gasteiger partial charge is 0.351 e. The van der Waals surface area contributed by atoms with Crippen LogP contribution in [0.1, 0.15) is 11.8 Å². The lowest BCUT2D eigenvalue weighted by Crippen LogP contribution is -2.34. The zero-order chi connectivity index (χ0) is 21.7. The number of benzene rings is 1. The van der Waals surface area contributed by atoms with E-state index in [1.54, 1.807) is 18.2 Å². The number of hydrogen-bond donors (Lipinski definition) is 2. The summed E-state index contributed by atoms with van der Waals surface area (Å²) < 4.78 is 26.0. The van der Waals surface area contributed by atoms with Gasteiger partial charge in [-0.3, -0.25) is 9.59 Å². The number of thiophene rings is 1. The minimum Gasteiger partial charge on any atom is -0.351 e. The van der Waals surface area contributed by atoms with Gasteiger partial charge in [0.2, 0.25) is 21.8 Å². The third kappa shape index (κ3) is 5.51. The van der Waals surface area contributed by atoms with Crippen LogP contribution in [0.2, 0.25) is 0 Å². The molecule has 2 N–H and O–H groups in total. The third-order valence-corrected chi connectivity index (χ3v) is 7.68. The Morgan fingerprint density at radius 1 is 1.13 bits per heavy atom. The summed E-state index contributed by atoms with van der Waals surface area (Å²) in [6.07, 6.45) is 0. The summed E-state index contributed by atoms with van der Waals surface area (Å²) in [5.74, 6) is -0.571. The summed E-state index contributed by atoms with van der Waals surface area (Å²) in [4.78, 5) is 29.8. The smallest absolute Gasteiger partial charge is 0.243 e. The lowest BCUT2D eigenvalue weighted by molar-refractivity contribution is -0.119. The monoisotopic (exact) mass is 464 g/mol. The van der Waals surface area contributed by atoms with Crippen molar-refractivity contribution in [2.45, 2.75) is 18.4 Å². The van der Waals surface area contributed by atoms with E-state index in [1.165, 1.54) is 48.8 Å². The molecule has 0 bridgehead atoms. The van der Waals surface area contributed by atoms with Crippen LogP contribution in [-0.4, -0.2) is 43.1 Å². The van der Waals surface area contributed by atoms with Crippen LogP contribution in [0.4, 0.5) is 5.13 Å². The first kappa shape index (κ1) is 22.1. The molecule has 0 fully saturated rings. The number of amides is 2. The zero-order valence-corrected chi connectivity index (χ0v) is 18.7. The third-order valence-electron chi connectivity index (χ3n) is 3.99. The van der Waals surface area contributed by atoms with Gasteiger partial charge >= 0.3 is 0 Å². The van der Waals surface area contributed by atoms with Crippen LogP contribution >= 0.6 is 22.7 Å². The Balaban J connectivity index is 1.60. The Labute approximate surface area is 182 Å². The topological polar surface area (TPSA) is 108 Å². The second kappa shape index (κ2) is 9.47. The molecule has 2 heterocycles. The number of nitrogens with zero attached hydrogens (tertiary/aromatic N) is 2. The fourth-order valence-corrected chi connectivity index (χ4v) is 5.34. The number of carbonyl (C=O) groups is 2. The summed E-state index contributed by atoms with van der Waals surface area (Å²) in [6, 6.07) is 11.8. The van der Waals surface area contributed by atoms with Crippen LogP contribution in [0.5, 0.6) is 0 Å². The second-order valence-electron chi connectivity index (χ2n) is 6.34. The average Bonchev–Trinajstić information content (AvgIpc) is 3.36. The summed E-state index contributed by atoms with van der Waals surface area (Å²) in [5, 5.41) is 7.59. The maximum atomic E-state index is 12.5. The first-order valence-electron chi connectivity index (χ1n) is 8.86. The Bertz CT molecular complexity index is 1140. The van der Waals surface area contributed by atoms with Crippen molar-refractivity contribution in [3.63, 3.8) is 0 Å². The van der Waals surface area contributed by atoms with Gasteiger partial charge in [0.25, 0.3) is 0 Å². The lowest BCUT2D eigenvalue weighted by Gasteiger charge is -2.16. The number of thiazole rings is 1. The maximum absolute atomic E-state index is 12.5. The Hall–Kier alpha value is -2.60. The summed E-state index contributed by atoms with van der Waals surface area (Å²) in [6.45, 7) is 1.59. The Morgan fingerprint density at radius 3 is 2.57 bits per heavy atom. The van der Waals surface area contributed by atoms with Gasteiger partial charge in [0, 0.05) is 24.2 Å². The molecule has 0 aliphatic heterocycles. The molecular formula is C19H20N4O4S3. The van der Waals surface area contributed by atoms with Gasteiger partial charge in [-0.1, -0.05) is 18.2 Å². The first-order valence-corrected chi connectivity index (χ1v) is 12.0. The van der Waals surface area contributed by atoms with Gasteiger partial charge < -0.3 is 10.6 Å². The SMILES string of the molecule is CC(=O)NCc1ccc(-c2csc(NC(=O)CN(C)S(=O)(=O)c3ccccc3)n2)s1. The molecule has 0 unspecified atom stereocenters. The Kier molecular flexibility index (Phi) is 6.98. The van der Waals surface area contributed by atoms with Crippen molar-refractivity contribution in [1.82, 2.24) is 14.6 Å². The van der Waals surface area contributed by atoms with E-state index in [2.05, 4.69) is 15.6 Å². The molecule has 3 aromatic rings. The number of nitrogens with one attached hydrogen (secondary N) is 2. The van der Waals surface area contributed by atoms with E-state index < -0.39 is 15.9 Å². The highest BCUT2D eigenvalue weighted by molar-refractivity contribution is 7.89. The van der Waals surface area contributed by atoms with Crippen LogP contribution in [0.3, 0.4) is 0 Å². The van der Waals surface area contributed by atoms with Crippen molar-refractivity contribution in [1.29, 1.82) is 0 Å². The predicted molar refractivity (Wildman–Crippen MR) is 118 cm³/mol. The first-order chi connectivity index (χ1) is 14.3. The number of sulfonamides is 1. The normalized spacial score (nSPS) is 11.4. The molecule has 0 radical (unpaired) electrons. The molecule has 8 nitrogen and oxygen atoms in total. The minimum absolute atomic E-state index is 0.0946. The van der Waals surface area contributed by atoms with E-state index in [-0.39, 0.29) is 17.3 Å². The summed E-state index contributed by atoms with van der Waals surface area (Å²) in [5.41, 5.74) is 0.708. The molecule has 0 spiro atoms. The van der Waals surface area contributed by atoms with Gasteiger partial charge in [-0.05, 0) is 24.3 Å². The van der Waals surface area contributed by atoms with E-state index in [4.69, 9.17) is 0 Å². The zero-order valence-electron chi connectivity index (χ0n) is 16.3. The highest BCUT2D eigenvalue weighted by Gasteiger charge is 2.23. The van der Waals surface area contributed by atoms with Gasteiger partial charge in [0.05, 0.1) is 28.6 Å². The predicted octanol–water partition coefficient (Wildman–Crippen LogP) is 2.77. The van der Waals surface area contributed by atoms with Crippen molar-refractivity contribution in [3.05, 3.63) is 52.7 Å². The van der Waals surface area contributed by atoms with Gasteiger partial charge in [-0.2, -0.15) is 4.31 Å². The van der Waals surface area contributed by atoms with E-state index in [9.17, 15) is 18.0 Å². The summed E-state index contributed by atoms with van der Waals surface area (Å²) in [7, 11) is -2.39. The van der Waals surface area contributed by atoms with Crippen LogP contribution in [-0.2, 0) is 26.2 Å². The molecule has 30 heavy (non-hydrogen) atoms. The van der Waals surface area contributed by atoms with Gasteiger partial charge in [-0.25, -0.2) is 13.4 Å². The highest BCUT2D eigenvalue weighted by Crippen LogP contribution is 2.30. The van der Waals surface area contributed by atoms with Crippen molar-refractivity contribution in [2.75, 3.05) is 18.9 Å². The average molecular weight is 465 g/mol. The van der Waals surface area contributed by atoms with E-state index in [1.807, 2.05) is 17.5 Å². The van der Waals surface area contributed by atoms with Crippen molar-refractivity contribution in [3.8, 4) is 10.6 Å². The van der Waals surface area contributed by atoms with Crippen LogP contribution in [0, 0.1) is 0 Å².